The first-order chi connectivity index (χ1) is 5.65. The van der Waals surface area contributed by atoms with Crippen molar-refractivity contribution in [3.63, 3.8) is 0 Å². The topological polar surface area (TPSA) is 23.6 Å². The highest BCUT2D eigenvalue weighted by atomic mass is 32.1. The fourth-order valence-corrected chi connectivity index (χ4v) is 1.77. The van der Waals surface area contributed by atoms with Crippen LogP contribution in [0.4, 0.5) is 0 Å². The molecule has 0 bridgehead atoms. The van der Waals surface area contributed by atoms with Crippen molar-refractivity contribution >= 4 is 18.5 Å². The highest BCUT2D eigenvalue weighted by Crippen LogP contribution is 2.12. The van der Waals surface area contributed by atoms with Crippen LogP contribution in [0.3, 0.4) is 0 Å². The lowest BCUT2D eigenvalue weighted by Crippen LogP contribution is -2.39. The quantitative estimate of drug-likeness (QED) is 0.620. The summed E-state index contributed by atoms with van der Waals surface area (Å²) in [6.07, 6.45) is 1.09. The van der Waals surface area contributed by atoms with Crippen LogP contribution in [0.25, 0.3) is 0 Å². The summed E-state index contributed by atoms with van der Waals surface area (Å²) in [6.45, 7) is 2.09. The first kappa shape index (κ1) is 9.86. The van der Waals surface area contributed by atoms with Crippen LogP contribution < -0.4 is 0 Å². The van der Waals surface area contributed by atoms with Gasteiger partial charge in [0.05, 0.1) is 5.75 Å². The molecule has 0 aromatic heterocycles. The molecule has 0 N–H and O–H groups in total. The van der Waals surface area contributed by atoms with E-state index in [0.29, 0.717) is 11.8 Å². The molecule has 0 aromatic rings. The van der Waals surface area contributed by atoms with Crippen molar-refractivity contribution in [1.29, 1.82) is 0 Å². The van der Waals surface area contributed by atoms with Crippen molar-refractivity contribution in [2.75, 3.05) is 32.9 Å². The average molecular weight is 188 g/mol. The second-order valence-electron chi connectivity index (χ2n) is 3.37. The molecule has 1 aliphatic heterocycles. The highest BCUT2D eigenvalue weighted by Gasteiger charge is 2.25. The van der Waals surface area contributed by atoms with E-state index in [-0.39, 0.29) is 5.91 Å². The van der Waals surface area contributed by atoms with Gasteiger partial charge in [-0.3, -0.25) is 4.79 Å². The Hall–Kier alpha value is -0.220. The van der Waals surface area contributed by atoms with Crippen LogP contribution in [0.5, 0.6) is 0 Å². The van der Waals surface area contributed by atoms with E-state index in [1.807, 2.05) is 11.9 Å². The smallest absolute Gasteiger partial charge is 0.232 e. The fraction of sp³-hybridized carbons (Fsp3) is 0.875. The molecular weight excluding hydrogens is 172 g/mol. The number of carbonyl (C=O) groups excluding carboxylic acids is 1. The van der Waals surface area contributed by atoms with Crippen LogP contribution in [-0.2, 0) is 4.79 Å². The SMILES string of the molecule is CN1CCC(N(C)C(=O)CS)C1. The molecule has 3 nitrogen and oxygen atoms in total. The molecule has 1 rings (SSSR count). The molecule has 0 aromatic carbocycles. The fourth-order valence-electron chi connectivity index (χ4n) is 1.54. The van der Waals surface area contributed by atoms with Gasteiger partial charge >= 0.3 is 0 Å². The second-order valence-corrected chi connectivity index (χ2v) is 3.68. The minimum atomic E-state index is 0.124. The third-order valence-electron chi connectivity index (χ3n) is 2.44. The monoisotopic (exact) mass is 188 g/mol. The molecule has 1 fully saturated rings. The Balaban J connectivity index is 2.42. The van der Waals surface area contributed by atoms with E-state index in [9.17, 15) is 4.79 Å². The Morgan fingerprint density at radius 3 is 2.83 bits per heavy atom. The first-order valence-electron chi connectivity index (χ1n) is 4.20. The molecular formula is C8H16N2OS. The highest BCUT2D eigenvalue weighted by molar-refractivity contribution is 7.81. The predicted molar refractivity (Wildman–Crippen MR) is 52.5 cm³/mol. The number of nitrogens with zero attached hydrogens (tertiary/aromatic N) is 2. The van der Waals surface area contributed by atoms with Crippen LogP contribution >= 0.6 is 12.6 Å². The van der Waals surface area contributed by atoms with E-state index in [2.05, 4.69) is 24.6 Å². The van der Waals surface area contributed by atoms with Gasteiger partial charge in [-0.05, 0) is 20.0 Å². The number of likely N-dealkylation sites (N-methyl/N-ethyl adjacent to an activating group) is 2. The van der Waals surface area contributed by atoms with E-state index in [0.717, 1.165) is 19.5 Å². The molecule has 1 atom stereocenters. The van der Waals surface area contributed by atoms with Gasteiger partial charge in [-0.2, -0.15) is 12.6 Å². The predicted octanol–water partition coefficient (Wildman–Crippen LogP) is 0.0787. The lowest BCUT2D eigenvalue weighted by molar-refractivity contribution is -0.128. The maximum Gasteiger partial charge on any atom is 0.232 e. The van der Waals surface area contributed by atoms with Crippen molar-refractivity contribution < 1.29 is 4.79 Å². The molecule has 1 unspecified atom stereocenters. The molecule has 0 spiro atoms. The van der Waals surface area contributed by atoms with Gasteiger partial charge in [-0.15, -0.1) is 0 Å². The average Bonchev–Trinajstić information content (AvgIpc) is 2.49. The Bertz CT molecular complexity index is 174. The first-order valence-corrected chi connectivity index (χ1v) is 4.83. The summed E-state index contributed by atoms with van der Waals surface area (Å²) in [5, 5.41) is 0. The summed E-state index contributed by atoms with van der Waals surface area (Å²) in [5.41, 5.74) is 0. The van der Waals surface area contributed by atoms with E-state index in [1.165, 1.54) is 0 Å². The molecule has 1 heterocycles. The Labute approximate surface area is 79.1 Å². The van der Waals surface area contributed by atoms with Gasteiger partial charge in [0.25, 0.3) is 0 Å². The van der Waals surface area contributed by atoms with Gasteiger partial charge in [0.1, 0.15) is 0 Å². The largest absolute Gasteiger partial charge is 0.341 e. The standard InChI is InChI=1S/C8H16N2OS/c1-9-4-3-7(5-9)10(2)8(11)6-12/h7,12H,3-6H2,1-2H3. The molecule has 1 saturated heterocycles. The molecule has 0 saturated carbocycles. The summed E-state index contributed by atoms with van der Waals surface area (Å²) in [6, 6.07) is 0.398. The van der Waals surface area contributed by atoms with Gasteiger partial charge in [0.2, 0.25) is 5.91 Å². The zero-order chi connectivity index (χ0) is 9.14. The molecule has 0 aliphatic carbocycles. The number of hydrogen-bond donors (Lipinski definition) is 1. The molecule has 70 valence electrons. The van der Waals surface area contributed by atoms with Crippen molar-refractivity contribution in [2.24, 2.45) is 0 Å². The Morgan fingerprint density at radius 2 is 2.42 bits per heavy atom. The molecule has 4 heteroatoms. The Kier molecular flexibility index (Phi) is 3.40. The number of likely N-dealkylation sites (tertiary alicyclic amines) is 1. The number of thiol groups is 1. The van der Waals surface area contributed by atoms with Crippen LogP contribution in [0, 0.1) is 0 Å². The van der Waals surface area contributed by atoms with Crippen molar-refractivity contribution in [3.8, 4) is 0 Å². The molecule has 1 aliphatic rings. The van der Waals surface area contributed by atoms with E-state index in [4.69, 9.17) is 0 Å². The van der Waals surface area contributed by atoms with Crippen molar-refractivity contribution in [1.82, 2.24) is 9.80 Å². The van der Waals surface area contributed by atoms with Crippen LogP contribution in [0.1, 0.15) is 6.42 Å². The summed E-state index contributed by atoms with van der Waals surface area (Å²) in [4.78, 5) is 15.3. The van der Waals surface area contributed by atoms with Gasteiger partial charge in [-0.25, -0.2) is 0 Å². The summed E-state index contributed by atoms with van der Waals surface area (Å²) in [7, 11) is 3.95. The van der Waals surface area contributed by atoms with Crippen molar-refractivity contribution in [3.05, 3.63) is 0 Å². The van der Waals surface area contributed by atoms with E-state index < -0.39 is 0 Å². The maximum absolute atomic E-state index is 11.2. The number of carbonyl (C=O) groups is 1. The number of rotatable bonds is 2. The van der Waals surface area contributed by atoms with Gasteiger partial charge in [0, 0.05) is 19.6 Å². The molecule has 12 heavy (non-hydrogen) atoms. The van der Waals surface area contributed by atoms with E-state index >= 15 is 0 Å². The second kappa shape index (κ2) is 4.14. The lowest BCUT2D eigenvalue weighted by Gasteiger charge is -2.23. The summed E-state index contributed by atoms with van der Waals surface area (Å²) >= 11 is 3.97. The summed E-state index contributed by atoms with van der Waals surface area (Å²) in [5.74, 6) is 0.440. The van der Waals surface area contributed by atoms with Gasteiger partial charge < -0.3 is 9.80 Å². The van der Waals surface area contributed by atoms with Crippen molar-refractivity contribution in [2.45, 2.75) is 12.5 Å². The maximum atomic E-state index is 11.2. The summed E-state index contributed by atoms with van der Waals surface area (Å²) < 4.78 is 0. The van der Waals surface area contributed by atoms with Gasteiger partial charge in [-0.1, -0.05) is 0 Å². The third-order valence-corrected chi connectivity index (χ3v) is 2.71. The van der Waals surface area contributed by atoms with Crippen LogP contribution in [-0.4, -0.2) is 54.7 Å². The van der Waals surface area contributed by atoms with Crippen LogP contribution in [0.15, 0.2) is 0 Å². The molecule has 1 amide bonds. The minimum Gasteiger partial charge on any atom is -0.341 e. The number of hydrogen-bond acceptors (Lipinski definition) is 3. The normalized spacial score (nSPS) is 24.4. The lowest BCUT2D eigenvalue weighted by atomic mass is 10.2. The number of amides is 1. The zero-order valence-corrected chi connectivity index (χ0v) is 8.55. The van der Waals surface area contributed by atoms with Gasteiger partial charge in [0.15, 0.2) is 0 Å². The van der Waals surface area contributed by atoms with E-state index in [1.54, 1.807) is 0 Å². The Morgan fingerprint density at radius 1 is 1.75 bits per heavy atom. The zero-order valence-electron chi connectivity index (χ0n) is 7.66. The van der Waals surface area contributed by atoms with Crippen LogP contribution in [0.2, 0.25) is 0 Å². The third kappa shape index (κ3) is 2.14. The molecule has 0 radical (unpaired) electrons. The minimum absolute atomic E-state index is 0.124.